The number of carbonyl (C=O) groups excluding carboxylic acids is 1. The van der Waals surface area contributed by atoms with E-state index in [2.05, 4.69) is 27.4 Å². The van der Waals surface area contributed by atoms with Crippen LogP contribution in [0.5, 0.6) is 5.75 Å². The number of fused-ring (bicyclic) bond motifs is 3. The fourth-order valence-electron chi connectivity index (χ4n) is 8.04. The predicted octanol–water partition coefficient (Wildman–Crippen LogP) is 7.67. The zero-order chi connectivity index (χ0) is 36.2. The summed E-state index contributed by atoms with van der Waals surface area (Å²) in [4.78, 5) is 19.0. The van der Waals surface area contributed by atoms with Gasteiger partial charge in [0.25, 0.3) is 0 Å². The third-order valence-corrected chi connectivity index (χ3v) is 10.8. The summed E-state index contributed by atoms with van der Waals surface area (Å²) in [6.45, 7) is 12.5. The summed E-state index contributed by atoms with van der Waals surface area (Å²) in [5.41, 5.74) is 6.63. The van der Waals surface area contributed by atoms with Gasteiger partial charge in [-0.1, -0.05) is 36.7 Å². The first-order chi connectivity index (χ1) is 25.4. The first-order valence-corrected chi connectivity index (χ1v) is 19.1. The number of aryl methyl sites for hydroxylation is 3. The molecule has 276 valence electrons. The van der Waals surface area contributed by atoms with E-state index in [1.54, 1.807) is 6.07 Å². The molecule has 7 rings (SSSR count). The third kappa shape index (κ3) is 7.44. The molecule has 0 aliphatic carbocycles. The van der Waals surface area contributed by atoms with Crippen molar-refractivity contribution in [3.63, 3.8) is 0 Å². The number of morpholine rings is 1. The van der Waals surface area contributed by atoms with Gasteiger partial charge in [-0.25, -0.2) is 9.18 Å². The number of rotatable bonds is 11. The average Bonchev–Trinajstić information content (AvgIpc) is 3.62. The lowest BCUT2D eigenvalue weighted by Gasteiger charge is -2.30. The largest absolute Gasteiger partial charge is 0.493 e. The monoisotopic (exact) mass is 729 g/mol. The van der Waals surface area contributed by atoms with E-state index in [0.717, 1.165) is 121 Å². The zero-order valence-corrected chi connectivity index (χ0v) is 31.3. The van der Waals surface area contributed by atoms with Gasteiger partial charge in [0.2, 0.25) is 0 Å². The fourth-order valence-corrected chi connectivity index (χ4v) is 8.29. The molecular weight excluding hydrogens is 681 g/mol. The molecule has 52 heavy (non-hydrogen) atoms. The van der Waals surface area contributed by atoms with Crippen LogP contribution in [-0.2, 0) is 42.5 Å². The highest BCUT2D eigenvalue weighted by atomic mass is 35.5. The van der Waals surface area contributed by atoms with Crippen LogP contribution in [0.15, 0.2) is 48.5 Å². The Morgan fingerprint density at radius 1 is 0.962 bits per heavy atom. The first-order valence-electron chi connectivity index (χ1n) is 18.8. The minimum atomic E-state index is -0.322. The van der Waals surface area contributed by atoms with Gasteiger partial charge in [-0.15, -0.1) is 0 Å². The summed E-state index contributed by atoms with van der Waals surface area (Å²) in [6.07, 6.45) is 3.93. The Hall–Kier alpha value is -3.96. The Morgan fingerprint density at radius 3 is 2.56 bits per heavy atom. The molecule has 0 spiro atoms. The Balaban J connectivity index is 1.27. The summed E-state index contributed by atoms with van der Waals surface area (Å²) in [5, 5.41) is 8.44. The van der Waals surface area contributed by atoms with E-state index in [9.17, 15) is 9.18 Å². The van der Waals surface area contributed by atoms with Gasteiger partial charge in [0, 0.05) is 73.9 Å². The normalized spacial score (nSPS) is 15.9. The molecule has 0 amide bonds. The molecule has 1 fully saturated rings. The number of carbonyl (C=O) groups is 1. The van der Waals surface area contributed by atoms with E-state index in [4.69, 9.17) is 30.9 Å². The van der Waals surface area contributed by atoms with Crippen LogP contribution in [0.3, 0.4) is 0 Å². The van der Waals surface area contributed by atoms with Crippen molar-refractivity contribution in [1.29, 1.82) is 0 Å². The first kappa shape index (κ1) is 36.4. The predicted molar refractivity (Wildman–Crippen MR) is 204 cm³/mol. The van der Waals surface area contributed by atoms with Crippen molar-refractivity contribution in [3.05, 3.63) is 82.0 Å². The molecule has 0 radical (unpaired) electrons. The second-order valence-corrected chi connectivity index (χ2v) is 14.2. The number of ether oxygens (including phenoxy) is 3. The molecule has 1 saturated heterocycles. The van der Waals surface area contributed by atoms with Gasteiger partial charge in [-0.05, 0) is 86.9 Å². The van der Waals surface area contributed by atoms with Crippen molar-refractivity contribution in [2.75, 3.05) is 59.2 Å². The van der Waals surface area contributed by atoms with E-state index in [-0.39, 0.29) is 18.4 Å². The van der Waals surface area contributed by atoms with E-state index in [1.165, 1.54) is 12.1 Å². The lowest BCUT2D eigenvalue weighted by atomic mass is 9.97. The summed E-state index contributed by atoms with van der Waals surface area (Å²) in [7, 11) is 2.02. The number of halogens is 2. The van der Waals surface area contributed by atoms with Crippen LogP contribution in [-0.4, -0.2) is 89.3 Å². The van der Waals surface area contributed by atoms with Crippen LogP contribution in [0.1, 0.15) is 60.5 Å². The lowest BCUT2D eigenvalue weighted by molar-refractivity contribution is 0.0328. The molecule has 0 atom stereocenters. The Morgan fingerprint density at radius 2 is 1.75 bits per heavy atom. The van der Waals surface area contributed by atoms with E-state index >= 15 is 0 Å². The standard InChI is InChI=1S/C41H49ClFN5O4/c1-4-35-38-34(44-45(35)3)27-47(20-19-46-21-24-50-25-22-46)17-6-7-18-48-39-32(15-16-33(42)37(38)39)31(40(48)41(49)51-5-2)11-9-23-52-36-12-8-10-28-26-29(43)13-14-30(28)36/h8,10,12-16,26H,4-7,9,11,17-25,27H2,1-3H3. The third-order valence-electron chi connectivity index (χ3n) is 10.5. The van der Waals surface area contributed by atoms with Crippen LogP contribution >= 0.6 is 11.6 Å². The van der Waals surface area contributed by atoms with E-state index < -0.39 is 0 Å². The van der Waals surface area contributed by atoms with Gasteiger partial charge < -0.3 is 18.8 Å². The fraction of sp³-hybridized carbons (Fsp3) is 0.463. The molecular formula is C41H49ClFN5O4. The molecule has 9 nitrogen and oxygen atoms in total. The Labute approximate surface area is 310 Å². The quantitative estimate of drug-likeness (QED) is 0.102. The minimum absolute atomic E-state index is 0.274. The molecule has 0 saturated carbocycles. The zero-order valence-electron chi connectivity index (χ0n) is 30.6. The van der Waals surface area contributed by atoms with Crippen molar-refractivity contribution in [1.82, 2.24) is 24.1 Å². The van der Waals surface area contributed by atoms with Gasteiger partial charge in [-0.3, -0.25) is 14.5 Å². The topological polar surface area (TPSA) is 74.0 Å². The van der Waals surface area contributed by atoms with Crippen LogP contribution in [0.4, 0.5) is 4.39 Å². The highest BCUT2D eigenvalue weighted by Gasteiger charge is 2.30. The van der Waals surface area contributed by atoms with Crippen molar-refractivity contribution in [2.24, 2.45) is 7.05 Å². The van der Waals surface area contributed by atoms with Gasteiger partial charge >= 0.3 is 5.97 Å². The lowest BCUT2D eigenvalue weighted by Crippen LogP contribution is -2.41. The Bertz CT molecular complexity index is 2050. The molecule has 0 bridgehead atoms. The van der Waals surface area contributed by atoms with E-state index in [1.807, 2.05) is 42.9 Å². The number of aromatic nitrogens is 3. The van der Waals surface area contributed by atoms with Crippen LogP contribution in [0, 0.1) is 5.82 Å². The maximum absolute atomic E-state index is 14.0. The molecule has 2 aliphatic heterocycles. The van der Waals surface area contributed by atoms with Crippen molar-refractivity contribution in [2.45, 2.75) is 59.0 Å². The van der Waals surface area contributed by atoms with Crippen LogP contribution in [0.25, 0.3) is 32.8 Å². The molecule has 3 aromatic carbocycles. The molecule has 0 unspecified atom stereocenters. The highest BCUT2D eigenvalue weighted by molar-refractivity contribution is 6.35. The number of esters is 1. The summed E-state index contributed by atoms with van der Waals surface area (Å²) in [6, 6.07) is 14.4. The van der Waals surface area contributed by atoms with Gasteiger partial charge in [-0.2, -0.15) is 5.10 Å². The summed E-state index contributed by atoms with van der Waals surface area (Å²) >= 11 is 7.25. The smallest absolute Gasteiger partial charge is 0.355 e. The van der Waals surface area contributed by atoms with Crippen LogP contribution < -0.4 is 4.74 Å². The SMILES string of the molecule is CCOC(=O)c1c(CCCOc2cccc3cc(F)ccc23)c2ccc(Cl)c3c2n1CCCCN(CCN1CCOCC1)Cc1nn(C)c(CC)c1-3. The molecule has 5 aromatic rings. The van der Waals surface area contributed by atoms with Gasteiger partial charge in [0.15, 0.2) is 0 Å². The molecule has 4 heterocycles. The number of nitrogens with zero attached hydrogens (tertiary/aromatic N) is 5. The Kier molecular flexibility index (Phi) is 11.5. The second-order valence-electron chi connectivity index (χ2n) is 13.8. The second kappa shape index (κ2) is 16.4. The molecule has 0 N–H and O–H groups in total. The van der Waals surface area contributed by atoms with E-state index in [0.29, 0.717) is 42.5 Å². The number of benzene rings is 3. The molecule has 11 heteroatoms. The average molecular weight is 730 g/mol. The number of hydrogen-bond acceptors (Lipinski definition) is 7. The van der Waals surface area contributed by atoms with Gasteiger partial charge in [0.05, 0.1) is 42.7 Å². The number of hydrogen-bond donors (Lipinski definition) is 0. The van der Waals surface area contributed by atoms with Crippen molar-refractivity contribution in [3.8, 4) is 16.9 Å². The molecule has 2 aromatic heterocycles. The summed E-state index contributed by atoms with van der Waals surface area (Å²) < 4.78 is 35.7. The maximum atomic E-state index is 14.0. The minimum Gasteiger partial charge on any atom is -0.493 e. The maximum Gasteiger partial charge on any atom is 0.355 e. The molecule has 2 aliphatic rings. The van der Waals surface area contributed by atoms with Gasteiger partial charge in [0.1, 0.15) is 17.3 Å². The highest BCUT2D eigenvalue weighted by Crippen LogP contribution is 2.43. The van der Waals surface area contributed by atoms with Crippen molar-refractivity contribution >= 4 is 39.2 Å². The van der Waals surface area contributed by atoms with Crippen LogP contribution in [0.2, 0.25) is 5.02 Å². The summed E-state index contributed by atoms with van der Waals surface area (Å²) in [5.74, 6) is 0.115. The van der Waals surface area contributed by atoms with Crippen molar-refractivity contribution < 1.29 is 23.4 Å².